The van der Waals surface area contributed by atoms with Crippen molar-refractivity contribution in [3.63, 3.8) is 0 Å². The maximum Gasteiger partial charge on any atom is 0.222 e. The van der Waals surface area contributed by atoms with E-state index in [1.54, 1.807) is 0 Å². The number of hydrogen-bond donors (Lipinski definition) is 1. The molecule has 1 fully saturated rings. The molecule has 1 N–H and O–H groups in total. The lowest BCUT2D eigenvalue weighted by molar-refractivity contribution is -0.131. The number of hydrogen-bond acceptors (Lipinski definition) is 2. The number of amides is 1. The van der Waals surface area contributed by atoms with E-state index in [1.165, 1.54) is 11.1 Å². The van der Waals surface area contributed by atoms with Gasteiger partial charge in [-0.25, -0.2) is 0 Å². The largest absolute Gasteiger partial charge is 0.341 e. The minimum Gasteiger partial charge on any atom is -0.341 e. The predicted molar refractivity (Wildman–Crippen MR) is 87.2 cm³/mol. The Hall–Kier alpha value is -1.35. The second-order valence-electron chi connectivity index (χ2n) is 6.54. The summed E-state index contributed by atoms with van der Waals surface area (Å²) in [5, 5.41) is 3.35. The van der Waals surface area contributed by atoms with Crippen LogP contribution in [0, 0.1) is 5.92 Å². The summed E-state index contributed by atoms with van der Waals surface area (Å²) >= 11 is 0. The molecule has 3 heteroatoms. The first-order valence-electron chi connectivity index (χ1n) is 8.09. The van der Waals surface area contributed by atoms with Gasteiger partial charge in [0.05, 0.1) is 0 Å². The summed E-state index contributed by atoms with van der Waals surface area (Å²) in [6.07, 6.45) is 2.95. The maximum absolute atomic E-state index is 12.3. The van der Waals surface area contributed by atoms with Gasteiger partial charge in [0.2, 0.25) is 5.91 Å². The first-order valence-corrected chi connectivity index (χ1v) is 8.09. The lowest BCUT2D eigenvalue weighted by Gasteiger charge is -2.25. The fourth-order valence-corrected chi connectivity index (χ4v) is 2.86. The van der Waals surface area contributed by atoms with Gasteiger partial charge in [0.15, 0.2) is 0 Å². The van der Waals surface area contributed by atoms with Gasteiger partial charge in [-0.2, -0.15) is 0 Å². The number of piperidine rings is 1. The molecule has 0 saturated carbocycles. The van der Waals surface area contributed by atoms with Gasteiger partial charge < -0.3 is 10.2 Å². The van der Waals surface area contributed by atoms with Crippen molar-refractivity contribution in [2.45, 2.75) is 45.6 Å². The number of carbonyl (C=O) groups excluding carboxylic acids is 1. The highest BCUT2D eigenvalue weighted by Crippen LogP contribution is 2.18. The predicted octanol–water partition coefficient (Wildman–Crippen LogP) is 3.16. The first-order chi connectivity index (χ1) is 10.1. The van der Waals surface area contributed by atoms with E-state index in [2.05, 4.69) is 43.4 Å². The molecule has 2 rings (SSSR count). The lowest BCUT2D eigenvalue weighted by atomic mass is 9.94. The van der Waals surface area contributed by atoms with Crippen LogP contribution < -0.4 is 5.32 Å². The minimum absolute atomic E-state index is 0.273. The van der Waals surface area contributed by atoms with Crippen LogP contribution in [0.15, 0.2) is 24.3 Å². The number of carbonyl (C=O) groups is 1. The molecule has 0 spiro atoms. The van der Waals surface area contributed by atoms with Gasteiger partial charge in [-0.15, -0.1) is 0 Å². The van der Waals surface area contributed by atoms with Crippen molar-refractivity contribution in [2.75, 3.05) is 20.1 Å². The van der Waals surface area contributed by atoms with Gasteiger partial charge in [0.1, 0.15) is 0 Å². The maximum atomic E-state index is 12.3. The van der Waals surface area contributed by atoms with Crippen molar-refractivity contribution in [2.24, 2.45) is 5.92 Å². The number of nitrogens with zero attached hydrogens (tertiary/aromatic N) is 1. The van der Waals surface area contributed by atoms with Crippen molar-refractivity contribution in [3.8, 4) is 0 Å². The Morgan fingerprint density at radius 3 is 2.43 bits per heavy atom. The third-order valence-corrected chi connectivity index (χ3v) is 4.41. The Bertz CT molecular complexity index is 447. The molecule has 116 valence electrons. The molecule has 0 atom stereocenters. The van der Waals surface area contributed by atoms with Crippen molar-refractivity contribution in [1.82, 2.24) is 10.2 Å². The fraction of sp³-hybridized carbons (Fsp3) is 0.611. The molecule has 1 heterocycles. The second kappa shape index (κ2) is 7.60. The summed E-state index contributed by atoms with van der Waals surface area (Å²) in [6.45, 7) is 7.21. The van der Waals surface area contributed by atoms with Gasteiger partial charge in [0, 0.05) is 20.0 Å². The first kappa shape index (κ1) is 16.0. The van der Waals surface area contributed by atoms with E-state index in [0.717, 1.165) is 25.9 Å². The van der Waals surface area contributed by atoms with E-state index in [9.17, 15) is 4.79 Å². The number of rotatable bonds is 5. The average Bonchev–Trinajstić information content (AvgIpc) is 2.48. The zero-order chi connectivity index (χ0) is 15.2. The SMILES string of the molecule is CC(C)c1ccc(CN(C)C(=O)CC2CCNCC2)cc1. The van der Waals surface area contributed by atoms with Crippen LogP contribution >= 0.6 is 0 Å². The fourth-order valence-electron chi connectivity index (χ4n) is 2.86. The molecular weight excluding hydrogens is 260 g/mol. The van der Waals surface area contributed by atoms with Crippen LogP contribution in [0.1, 0.15) is 50.2 Å². The molecule has 0 bridgehead atoms. The van der Waals surface area contributed by atoms with E-state index < -0.39 is 0 Å². The molecule has 1 aromatic carbocycles. The van der Waals surface area contributed by atoms with Crippen LogP contribution in [0.5, 0.6) is 0 Å². The Labute approximate surface area is 128 Å². The van der Waals surface area contributed by atoms with Crippen LogP contribution in [0.25, 0.3) is 0 Å². The van der Waals surface area contributed by atoms with E-state index in [1.807, 2.05) is 11.9 Å². The summed E-state index contributed by atoms with van der Waals surface area (Å²) in [4.78, 5) is 14.2. The van der Waals surface area contributed by atoms with Gasteiger partial charge in [0.25, 0.3) is 0 Å². The van der Waals surface area contributed by atoms with Crippen molar-refractivity contribution in [1.29, 1.82) is 0 Å². The molecule has 0 aromatic heterocycles. The van der Waals surface area contributed by atoms with Crippen LogP contribution in [0.4, 0.5) is 0 Å². The van der Waals surface area contributed by atoms with Gasteiger partial charge in [-0.05, 0) is 48.9 Å². The summed E-state index contributed by atoms with van der Waals surface area (Å²) in [5.41, 5.74) is 2.56. The normalized spacial score (nSPS) is 16.2. The average molecular weight is 288 g/mol. The molecule has 0 aliphatic carbocycles. The van der Waals surface area contributed by atoms with Gasteiger partial charge in [-0.3, -0.25) is 4.79 Å². The van der Waals surface area contributed by atoms with Gasteiger partial charge in [-0.1, -0.05) is 38.1 Å². The van der Waals surface area contributed by atoms with Crippen LogP contribution in [0.3, 0.4) is 0 Å². The van der Waals surface area contributed by atoms with E-state index in [4.69, 9.17) is 0 Å². The Kier molecular flexibility index (Phi) is 5.80. The van der Waals surface area contributed by atoms with Crippen molar-refractivity contribution < 1.29 is 4.79 Å². The highest BCUT2D eigenvalue weighted by molar-refractivity contribution is 5.76. The molecule has 1 amide bonds. The quantitative estimate of drug-likeness (QED) is 0.902. The van der Waals surface area contributed by atoms with Crippen LogP contribution in [0.2, 0.25) is 0 Å². The van der Waals surface area contributed by atoms with Gasteiger partial charge >= 0.3 is 0 Å². The van der Waals surface area contributed by atoms with Crippen molar-refractivity contribution >= 4 is 5.91 Å². The minimum atomic E-state index is 0.273. The summed E-state index contributed by atoms with van der Waals surface area (Å²) in [6, 6.07) is 8.63. The lowest BCUT2D eigenvalue weighted by Crippen LogP contribution is -2.33. The smallest absolute Gasteiger partial charge is 0.222 e. The topological polar surface area (TPSA) is 32.3 Å². The molecular formula is C18H28N2O. The molecule has 1 aromatic rings. The third kappa shape index (κ3) is 4.85. The standard InChI is InChI=1S/C18H28N2O/c1-14(2)17-6-4-16(5-7-17)13-20(3)18(21)12-15-8-10-19-11-9-15/h4-7,14-15,19H,8-13H2,1-3H3. The Morgan fingerprint density at radius 1 is 1.24 bits per heavy atom. The zero-order valence-corrected chi connectivity index (χ0v) is 13.6. The highest BCUT2D eigenvalue weighted by atomic mass is 16.2. The van der Waals surface area contributed by atoms with Crippen LogP contribution in [-0.4, -0.2) is 30.9 Å². The molecule has 0 radical (unpaired) electrons. The van der Waals surface area contributed by atoms with E-state index in [-0.39, 0.29) is 5.91 Å². The molecule has 0 unspecified atom stereocenters. The zero-order valence-electron chi connectivity index (χ0n) is 13.6. The van der Waals surface area contributed by atoms with E-state index in [0.29, 0.717) is 24.8 Å². The molecule has 1 saturated heterocycles. The number of nitrogens with one attached hydrogen (secondary N) is 1. The monoisotopic (exact) mass is 288 g/mol. The molecule has 21 heavy (non-hydrogen) atoms. The third-order valence-electron chi connectivity index (χ3n) is 4.41. The summed E-state index contributed by atoms with van der Waals surface area (Å²) < 4.78 is 0. The molecule has 3 nitrogen and oxygen atoms in total. The van der Waals surface area contributed by atoms with Crippen molar-refractivity contribution in [3.05, 3.63) is 35.4 Å². The molecule has 1 aliphatic rings. The summed E-state index contributed by atoms with van der Waals surface area (Å²) in [7, 11) is 1.92. The molecule has 1 aliphatic heterocycles. The van der Waals surface area contributed by atoms with E-state index >= 15 is 0 Å². The second-order valence-corrected chi connectivity index (χ2v) is 6.54. The van der Waals surface area contributed by atoms with Crippen LogP contribution in [-0.2, 0) is 11.3 Å². The Morgan fingerprint density at radius 2 is 1.86 bits per heavy atom. The Balaban J connectivity index is 1.84. The summed E-state index contributed by atoms with van der Waals surface area (Å²) in [5.74, 6) is 1.39. The number of benzene rings is 1. The highest BCUT2D eigenvalue weighted by Gasteiger charge is 2.19.